The molecule has 2 saturated heterocycles. The van der Waals surface area contributed by atoms with E-state index in [4.69, 9.17) is 9.47 Å². The molecule has 7 heteroatoms. The third-order valence-electron chi connectivity index (χ3n) is 5.66. The molecule has 3 heterocycles. The van der Waals surface area contributed by atoms with Crippen LogP contribution in [0.1, 0.15) is 19.9 Å². The van der Waals surface area contributed by atoms with Gasteiger partial charge in [-0.1, -0.05) is 0 Å². The number of nitrogens with zero attached hydrogens (tertiary/aromatic N) is 4. The second kappa shape index (κ2) is 8.59. The predicted molar refractivity (Wildman–Crippen MR) is 110 cm³/mol. The van der Waals surface area contributed by atoms with Crippen molar-refractivity contribution in [1.29, 1.82) is 0 Å². The zero-order valence-corrected chi connectivity index (χ0v) is 16.8. The van der Waals surface area contributed by atoms with E-state index in [9.17, 15) is 4.79 Å². The number of rotatable bonds is 4. The second-order valence-corrected chi connectivity index (χ2v) is 8.06. The van der Waals surface area contributed by atoms with E-state index >= 15 is 0 Å². The number of fused-ring (bicyclic) bond motifs is 1. The van der Waals surface area contributed by atoms with Crippen LogP contribution < -0.4 is 10.5 Å². The Bertz CT molecular complexity index is 850. The van der Waals surface area contributed by atoms with E-state index in [0.717, 1.165) is 57.1 Å². The van der Waals surface area contributed by atoms with Gasteiger partial charge in [0.25, 0.3) is 5.56 Å². The first-order valence-electron chi connectivity index (χ1n) is 10.3. The quantitative estimate of drug-likeness (QED) is 0.798. The lowest BCUT2D eigenvalue weighted by molar-refractivity contribution is 0.102. The molecule has 0 amide bonds. The molecular formula is C21H30N4O3. The van der Waals surface area contributed by atoms with Gasteiger partial charge in [0.2, 0.25) is 0 Å². The zero-order valence-electron chi connectivity index (χ0n) is 16.8. The summed E-state index contributed by atoms with van der Waals surface area (Å²) in [5, 5.41) is 0.687. The van der Waals surface area contributed by atoms with Gasteiger partial charge < -0.3 is 14.4 Å². The molecule has 0 saturated carbocycles. The molecule has 2 aliphatic heterocycles. The summed E-state index contributed by atoms with van der Waals surface area (Å²) in [4.78, 5) is 22.0. The minimum Gasteiger partial charge on any atom is -0.379 e. The summed E-state index contributed by atoms with van der Waals surface area (Å²) in [6.07, 6.45) is 1.66. The molecular weight excluding hydrogens is 356 g/mol. The standard InChI is InChI=1S/C21H30N4O3/c1-16(2)25-15-22-20-11-18(3-4-19(20)21(25)26)24-7-5-23(6-8-24)12-17-13-27-9-10-28-14-17/h3-4,11,15-17H,5-10,12-14H2,1-2H3. The monoisotopic (exact) mass is 386 g/mol. The van der Waals surface area contributed by atoms with Gasteiger partial charge in [-0.3, -0.25) is 14.3 Å². The van der Waals surface area contributed by atoms with Gasteiger partial charge in [-0.05, 0) is 32.0 Å². The largest absolute Gasteiger partial charge is 0.379 e. The zero-order chi connectivity index (χ0) is 19.5. The molecule has 0 bridgehead atoms. The normalized spacial score (nSPS) is 20.0. The fourth-order valence-corrected chi connectivity index (χ4v) is 4.01. The molecule has 0 N–H and O–H groups in total. The first-order chi connectivity index (χ1) is 13.6. The topological polar surface area (TPSA) is 59.8 Å². The number of aromatic nitrogens is 2. The number of piperazine rings is 1. The fourth-order valence-electron chi connectivity index (χ4n) is 4.01. The van der Waals surface area contributed by atoms with Crippen molar-refractivity contribution >= 4 is 16.6 Å². The fraction of sp³-hybridized carbons (Fsp3) is 0.619. The highest BCUT2D eigenvalue weighted by molar-refractivity contribution is 5.81. The maximum Gasteiger partial charge on any atom is 0.261 e. The molecule has 2 fully saturated rings. The molecule has 0 radical (unpaired) electrons. The minimum atomic E-state index is 0.0317. The molecule has 1 aromatic carbocycles. The van der Waals surface area contributed by atoms with Crippen molar-refractivity contribution in [2.75, 3.05) is 64.1 Å². The minimum absolute atomic E-state index is 0.0317. The molecule has 28 heavy (non-hydrogen) atoms. The third kappa shape index (κ3) is 4.21. The molecule has 0 atom stereocenters. The van der Waals surface area contributed by atoms with Crippen molar-refractivity contribution in [3.8, 4) is 0 Å². The summed E-state index contributed by atoms with van der Waals surface area (Å²) in [6.45, 7) is 12.0. The highest BCUT2D eigenvalue weighted by Gasteiger charge is 2.22. The van der Waals surface area contributed by atoms with Crippen LogP contribution in [-0.2, 0) is 9.47 Å². The number of anilines is 1. The van der Waals surface area contributed by atoms with E-state index in [1.54, 1.807) is 10.9 Å². The highest BCUT2D eigenvalue weighted by Crippen LogP contribution is 2.21. The number of hydrogen-bond acceptors (Lipinski definition) is 6. The first-order valence-corrected chi connectivity index (χ1v) is 10.3. The van der Waals surface area contributed by atoms with Gasteiger partial charge in [-0.2, -0.15) is 0 Å². The number of benzene rings is 1. The van der Waals surface area contributed by atoms with Crippen LogP contribution in [0, 0.1) is 5.92 Å². The average molecular weight is 386 g/mol. The molecule has 2 aliphatic rings. The number of ether oxygens (including phenoxy) is 2. The van der Waals surface area contributed by atoms with E-state index in [1.165, 1.54) is 0 Å². The van der Waals surface area contributed by atoms with Crippen LogP contribution in [-0.4, -0.2) is 73.6 Å². The van der Waals surface area contributed by atoms with E-state index in [2.05, 4.69) is 20.9 Å². The maximum atomic E-state index is 12.6. The van der Waals surface area contributed by atoms with Gasteiger partial charge in [-0.15, -0.1) is 0 Å². The summed E-state index contributed by atoms with van der Waals surface area (Å²) in [5.74, 6) is 0.460. The van der Waals surface area contributed by atoms with Gasteiger partial charge >= 0.3 is 0 Å². The number of hydrogen-bond donors (Lipinski definition) is 0. The van der Waals surface area contributed by atoms with Crippen LogP contribution in [0.4, 0.5) is 5.69 Å². The van der Waals surface area contributed by atoms with E-state index in [0.29, 0.717) is 24.5 Å². The Hall–Kier alpha value is -1.96. The van der Waals surface area contributed by atoms with Gasteiger partial charge in [0.15, 0.2) is 0 Å². The Kier molecular flexibility index (Phi) is 5.94. The van der Waals surface area contributed by atoms with Crippen LogP contribution in [0.15, 0.2) is 29.3 Å². The van der Waals surface area contributed by atoms with Crippen molar-refractivity contribution in [3.63, 3.8) is 0 Å². The molecule has 7 nitrogen and oxygen atoms in total. The lowest BCUT2D eigenvalue weighted by Crippen LogP contribution is -2.48. The van der Waals surface area contributed by atoms with Crippen LogP contribution in [0.2, 0.25) is 0 Å². The maximum absolute atomic E-state index is 12.6. The summed E-state index contributed by atoms with van der Waals surface area (Å²) in [7, 11) is 0. The molecule has 152 valence electrons. The van der Waals surface area contributed by atoms with Gasteiger partial charge in [0.05, 0.1) is 43.7 Å². The Morgan fingerprint density at radius 1 is 1.11 bits per heavy atom. The third-order valence-corrected chi connectivity index (χ3v) is 5.66. The average Bonchev–Trinajstić information content (AvgIpc) is 2.97. The predicted octanol–water partition coefficient (Wildman–Crippen LogP) is 1.76. The highest BCUT2D eigenvalue weighted by atomic mass is 16.5. The van der Waals surface area contributed by atoms with Gasteiger partial charge in [-0.25, -0.2) is 4.98 Å². The summed E-state index contributed by atoms with van der Waals surface area (Å²) in [5.41, 5.74) is 1.95. The lowest BCUT2D eigenvalue weighted by atomic mass is 10.1. The van der Waals surface area contributed by atoms with Crippen LogP contribution in [0.5, 0.6) is 0 Å². The SMILES string of the molecule is CC(C)n1cnc2cc(N3CCN(CC4COCCOC4)CC3)ccc2c1=O. The van der Waals surface area contributed by atoms with Crippen molar-refractivity contribution in [2.45, 2.75) is 19.9 Å². The van der Waals surface area contributed by atoms with Gasteiger partial charge in [0.1, 0.15) is 0 Å². The molecule has 0 unspecified atom stereocenters. The smallest absolute Gasteiger partial charge is 0.261 e. The Morgan fingerprint density at radius 2 is 1.82 bits per heavy atom. The molecule has 2 aromatic rings. The van der Waals surface area contributed by atoms with Crippen LogP contribution in [0.3, 0.4) is 0 Å². The summed E-state index contributed by atoms with van der Waals surface area (Å²) >= 11 is 0. The van der Waals surface area contributed by atoms with E-state index < -0.39 is 0 Å². The van der Waals surface area contributed by atoms with E-state index in [1.807, 2.05) is 26.0 Å². The van der Waals surface area contributed by atoms with Crippen molar-refractivity contribution in [3.05, 3.63) is 34.9 Å². The van der Waals surface area contributed by atoms with Crippen LogP contribution >= 0.6 is 0 Å². The molecule has 0 spiro atoms. The van der Waals surface area contributed by atoms with Crippen molar-refractivity contribution in [1.82, 2.24) is 14.5 Å². The molecule has 0 aliphatic carbocycles. The second-order valence-electron chi connectivity index (χ2n) is 8.06. The van der Waals surface area contributed by atoms with Crippen molar-refractivity contribution < 1.29 is 9.47 Å². The van der Waals surface area contributed by atoms with Gasteiger partial charge in [0, 0.05) is 50.4 Å². The molecule has 4 rings (SSSR count). The summed E-state index contributed by atoms with van der Waals surface area (Å²) in [6, 6.07) is 6.13. The Balaban J connectivity index is 1.41. The van der Waals surface area contributed by atoms with E-state index in [-0.39, 0.29) is 11.6 Å². The Labute approximate surface area is 165 Å². The van der Waals surface area contributed by atoms with Crippen LogP contribution in [0.25, 0.3) is 10.9 Å². The summed E-state index contributed by atoms with van der Waals surface area (Å²) < 4.78 is 12.9. The molecule has 1 aromatic heterocycles. The van der Waals surface area contributed by atoms with Crippen molar-refractivity contribution in [2.24, 2.45) is 5.92 Å². The Morgan fingerprint density at radius 3 is 2.50 bits per heavy atom. The first kappa shape index (κ1) is 19.4. The lowest BCUT2D eigenvalue weighted by Gasteiger charge is -2.37.